The smallest absolute Gasteiger partial charge is 0.161 e. The van der Waals surface area contributed by atoms with Gasteiger partial charge in [0.25, 0.3) is 0 Å². The van der Waals surface area contributed by atoms with Crippen molar-refractivity contribution >= 4 is 32.3 Å². The highest BCUT2D eigenvalue weighted by Gasteiger charge is 2.21. The van der Waals surface area contributed by atoms with Crippen LogP contribution in [0.25, 0.3) is 32.3 Å². The molecule has 64 heavy (non-hydrogen) atoms. The first kappa shape index (κ1) is 53.1. The molecule has 0 aliphatic rings. The molecule has 0 N–H and O–H groups in total. The van der Waals surface area contributed by atoms with E-state index in [0.717, 1.165) is 137 Å². The molecule has 4 aromatic rings. The fraction of sp³-hybridized carbons (Fsp3) is 0.690. The van der Waals surface area contributed by atoms with Crippen LogP contribution in [0.3, 0.4) is 0 Å². The van der Waals surface area contributed by atoms with Crippen LogP contribution in [0.4, 0.5) is 0 Å². The normalized spacial score (nSPS) is 11.5. The van der Waals surface area contributed by atoms with Crippen molar-refractivity contribution in [3.05, 3.63) is 36.4 Å². The van der Waals surface area contributed by atoms with Gasteiger partial charge in [-0.15, -0.1) is 0 Å². The van der Waals surface area contributed by atoms with Crippen LogP contribution in [0.2, 0.25) is 0 Å². The van der Waals surface area contributed by atoms with Crippen molar-refractivity contribution in [1.82, 2.24) is 0 Å². The van der Waals surface area contributed by atoms with Gasteiger partial charge in [0.2, 0.25) is 0 Å². The SMILES string of the molecule is CCCCCCCCCCOc1cc2c3cc(OCCCCCC)c(OCCCCCC)cc3c3cc(OCCCCCC)c(OCCCCCC)cc3c2cc1OCCCCCC. The second-order valence-corrected chi connectivity index (χ2v) is 18.4. The highest BCUT2D eigenvalue weighted by atomic mass is 16.5. The molecule has 0 atom stereocenters. The van der Waals surface area contributed by atoms with Crippen molar-refractivity contribution in [2.24, 2.45) is 0 Å². The number of hydrogen-bond acceptors (Lipinski definition) is 6. The van der Waals surface area contributed by atoms with Crippen molar-refractivity contribution in [2.75, 3.05) is 39.6 Å². The average molecular weight is 885 g/mol. The molecule has 360 valence electrons. The molecule has 0 unspecified atom stereocenters. The summed E-state index contributed by atoms with van der Waals surface area (Å²) in [7, 11) is 0. The van der Waals surface area contributed by atoms with Gasteiger partial charge >= 0.3 is 0 Å². The molecule has 4 rings (SSSR count). The molecule has 0 aliphatic heterocycles. The fourth-order valence-corrected chi connectivity index (χ4v) is 8.67. The van der Waals surface area contributed by atoms with E-state index >= 15 is 0 Å². The fourth-order valence-electron chi connectivity index (χ4n) is 8.67. The molecular weight excluding hydrogens is 793 g/mol. The van der Waals surface area contributed by atoms with E-state index in [2.05, 4.69) is 77.9 Å². The van der Waals surface area contributed by atoms with E-state index < -0.39 is 0 Å². The predicted octanol–water partition coefficient (Wildman–Crippen LogP) is 18.5. The van der Waals surface area contributed by atoms with Crippen LogP contribution < -0.4 is 28.4 Å². The average Bonchev–Trinajstić information content (AvgIpc) is 3.31. The Labute approximate surface area is 391 Å². The number of rotatable bonds is 40. The zero-order valence-corrected chi connectivity index (χ0v) is 42.0. The van der Waals surface area contributed by atoms with E-state index in [1.165, 1.54) is 109 Å². The van der Waals surface area contributed by atoms with Crippen LogP contribution >= 0.6 is 0 Å². The van der Waals surface area contributed by atoms with Gasteiger partial charge in [0.15, 0.2) is 34.5 Å². The van der Waals surface area contributed by atoms with Crippen molar-refractivity contribution in [1.29, 1.82) is 0 Å². The third kappa shape index (κ3) is 18.4. The summed E-state index contributed by atoms with van der Waals surface area (Å²) in [4.78, 5) is 0. The van der Waals surface area contributed by atoms with E-state index in [1.54, 1.807) is 0 Å². The zero-order chi connectivity index (χ0) is 45.5. The molecule has 0 amide bonds. The number of fused-ring (bicyclic) bond motifs is 6. The van der Waals surface area contributed by atoms with E-state index in [9.17, 15) is 0 Å². The van der Waals surface area contributed by atoms with Gasteiger partial charge in [-0.25, -0.2) is 0 Å². The lowest BCUT2D eigenvalue weighted by atomic mass is 9.93. The monoisotopic (exact) mass is 885 g/mol. The number of hydrogen-bond donors (Lipinski definition) is 0. The maximum atomic E-state index is 6.75. The van der Waals surface area contributed by atoms with Crippen molar-refractivity contribution < 1.29 is 28.4 Å². The molecule has 0 fully saturated rings. The quantitative estimate of drug-likeness (QED) is 0.0328. The molecule has 0 bridgehead atoms. The largest absolute Gasteiger partial charge is 0.490 e. The first-order valence-electron chi connectivity index (χ1n) is 26.9. The van der Waals surface area contributed by atoms with Gasteiger partial charge in [0, 0.05) is 0 Å². The van der Waals surface area contributed by atoms with Crippen LogP contribution in [0.1, 0.15) is 221 Å². The Balaban J connectivity index is 1.89. The molecule has 0 aliphatic carbocycles. The minimum Gasteiger partial charge on any atom is -0.490 e. The molecule has 6 heteroatoms. The molecule has 0 aromatic heterocycles. The van der Waals surface area contributed by atoms with E-state index in [0.29, 0.717) is 39.6 Å². The Morgan fingerprint density at radius 2 is 0.344 bits per heavy atom. The van der Waals surface area contributed by atoms with Gasteiger partial charge in [0.05, 0.1) is 39.6 Å². The molecule has 0 heterocycles. The lowest BCUT2D eigenvalue weighted by molar-refractivity contribution is 0.259. The summed E-state index contributed by atoms with van der Waals surface area (Å²) in [5, 5.41) is 6.74. The third-order valence-corrected chi connectivity index (χ3v) is 12.7. The van der Waals surface area contributed by atoms with Crippen LogP contribution in [-0.2, 0) is 0 Å². The van der Waals surface area contributed by atoms with Gasteiger partial charge in [-0.3, -0.25) is 0 Å². The van der Waals surface area contributed by atoms with Crippen LogP contribution in [0.5, 0.6) is 34.5 Å². The highest BCUT2D eigenvalue weighted by molar-refractivity contribution is 6.26. The third-order valence-electron chi connectivity index (χ3n) is 12.7. The summed E-state index contributed by atoms with van der Waals surface area (Å²) < 4.78 is 40.1. The second-order valence-electron chi connectivity index (χ2n) is 18.4. The Hall–Kier alpha value is -3.54. The van der Waals surface area contributed by atoms with Crippen LogP contribution in [0.15, 0.2) is 36.4 Å². The second kappa shape index (κ2) is 33.0. The van der Waals surface area contributed by atoms with E-state index in [1.807, 2.05) is 0 Å². The Kier molecular flexibility index (Phi) is 27.4. The van der Waals surface area contributed by atoms with E-state index in [4.69, 9.17) is 28.4 Å². The molecule has 4 aromatic carbocycles. The number of benzene rings is 4. The number of unbranched alkanes of at least 4 members (excludes halogenated alkanes) is 22. The summed E-state index contributed by atoms with van der Waals surface area (Å²) in [6, 6.07) is 13.5. The van der Waals surface area contributed by atoms with Crippen molar-refractivity contribution in [3.63, 3.8) is 0 Å². The minimum atomic E-state index is 0.668. The number of ether oxygens (including phenoxy) is 6. The molecular formula is C58H92O6. The van der Waals surface area contributed by atoms with Gasteiger partial charge < -0.3 is 28.4 Å². The van der Waals surface area contributed by atoms with Gasteiger partial charge in [-0.2, -0.15) is 0 Å². The predicted molar refractivity (Wildman–Crippen MR) is 275 cm³/mol. The van der Waals surface area contributed by atoms with Gasteiger partial charge in [-0.05, 0) is 107 Å². The summed E-state index contributed by atoms with van der Waals surface area (Å²) in [6.45, 7) is 17.6. The van der Waals surface area contributed by atoms with Crippen molar-refractivity contribution in [3.8, 4) is 34.5 Å². The maximum Gasteiger partial charge on any atom is 0.161 e. The maximum absolute atomic E-state index is 6.75. The summed E-state index contributed by atoms with van der Waals surface area (Å²) in [6.07, 6.45) is 33.1. The first-order valence-corrected chi connectivity index (χ1v) is 26.9. The van der Waals surface area contributed by atoms with E-state index in [-0.39, 0.29) is 0 Å². The molecule has 0 radical (unpaired) electrons. The molecule has 0 saturated heterocycles. The van der Waals surface area contributed by atoms with Crippen LogP contribution in [0, 0.1) is 0 Å². The first-order chi connectivity index (χ1) is 31.6. The standard InChI is InChI=1S/C58H92O6/c1-7-13-19-25-26-27-28-34-40-64-58-46-52-50-44-56(62-38-32-23-17-11-5)54(60-36-30-21-15-9-3)42-48(50)47-41-53(59-35-29-20-14-8-2)55(61-37-31-22-16-10-4)43-49(47)51(52)45-57(58)63-39-33-24-18-12-6/h41-46H,7-40H2,1-6H3. The molecule has 0 spiro atoms. The van der Waals surface area contributed by atoms with Crippen molar-refractivity contribution in [2.45, 2.75) is 221 Å². The summed E-state index contributed by atoms with van der Waals surface area (Å²) >= 11 is 0. The minimum absolute atomic E-state index is 0.668. The zero-order valence-electron chi connectivity index (χ0n) is 42.0. The summed E-state index contributed by atoms with van der Waals surface area (Å²) in [5.74, 6) is 4.91. The Bertz CT molecular complexity index is 1780. The van der Waals surface area contributed by atoms with Gasteiger partial charge in [0.1, 0.15) is 0 Å². The molecule has 0 saturated carbocycles. The lowest BCUT2D eigenvalue weighted by Gasteiger charge is -2.21. The highest BCUT2D eigenvalue weighted by Crippen LogP contribution is 2.47. The van der Waals surface area contributed by atoms with Gasteiger partial charge in [-0.1, -0.05) is 183 Å². The topological polar surface area (TPSA) is 55.4 Å². The van der Waals surface area contributed by atoms with Crippen LogP contribution in [-0.4, -0.2) is 39.6 Å². The molecule has 6 nitrogen and oxygen atoms in total. The Morgan fingerprint density at radius 3 is 0.516 bits per heavy atom. The lowest BCUT2D eigenvalue weighted by Crippen LogP contribution is -2.05. The summed E-state index contributed by atoms with van der Waals surface area (Å²) in [5.41, 5.74) is 0. The Morgan fingerprint density at radius 1 is 0.203 bits per heavy atom.